The molecule has 0 atom stereocenters. The molecule has 0 fully saturated rings. The molecular weight excluding hydrogens is 371 g/mol. The van der Waals surface area contributed by atoms with Gasteiger partial charge in [0.2, 0.25) is 0 Å². The number of anilines is 1. The third-order valence-corrected chi connectivity index (χ3v) is 3.55. The van der Waals surface area contributed by atoms with Crippen LogP contribution < -0.4 is 5.32 Å². The van der Waals surface area contributed by atoms with E-state index in [9.17, 15) is 22.0 Å². The maximum atomic E-state index is 13.8. The minimum absolute atomic E-state index is 0.0648. The molecule has 2 N–H and O–H groups in total. The van der Waals surface area contributed by atoms with Crippen LogP contribution in [0.4, 0.5) is 27.6 Å². The maximum absolute atomic E-state index is 13.8. The van der Waals surface area contributed by atoms with Crippen molar-refractivity contribution in [2.24, 2.45) is 0 Å². The summed E-state index contributed by atoms with van der Waals surface area (Å²) >= 11 is 0. The van der Waals surface area contributed by atoms with Crippen molar-refractivity contribution in [1.82, 2.24) is 14.4 Å². The fourth-order valence-electron chi connectivity index (χ4n) is 2.39. The van der Waals surface area contributed by atoms with Gasteiger partial charge in [-0.25, -0.2) is 18.7 Å². The quantitative estimate of drug-likeness (QED) is 0.537. The number of fused-ring (bicyclic) bond motifs is 1. The van der Waals surface area contributed by atoms with Crippen LogP contribution in [0.2, 0.25) is 0 Å². The van der Waals surface area contributed by atoms with E-state index in [2.05, 4.69) is 15.3 Å². The van der Waals surface area contributed by atoms with Gasteiger partial charge >= 0.3 is 6.18 Å². The van der Waals surface area contributed by atoms with Gasteiger partial charge < -0.3 is 5.32 Å². The Morgan fingerprint density at radius 3 is 2.63 bits per heavy atom. The van der Waals surface area contributed by atoms with Gasteiger partial charge in [-0.05, 0) is 6.07 Å². The number of rotatable bonds is 4. The number of hydrogen-bond donors (Lipinski definition) is 2. The maximum Gasteiger partial charge on any atom is 0.405 e. The Kier molecular flexibility index (Phi) is 4.49. The average Bonchev–Trinajstić information content (AvgIpc) is 3.02. The predicted molar refractivity (Wildman–Crippen MR) is 84.5 cm³/mol. The van der Waals surface area contributed by atoms with E-state index in [1.54, 1.807) is 6.07 Å². The number of halogens is 5. The highest BCUT2D eigenvalue weighted by Gasteiger charge is 2.27. The zero-order valence-electron chi connectivity index (χ0n) is 13.3. The number of imidazole rings is 1. The van der Waals surface area contributed by atoms with Gasteiger partial charge in [-0.3, -0.25) is 9.81 Å². The topological polar surface area (TPSA) is 89.9 Å². The highest BCUT2D eigenvalue weighted by molar-refractivity contribution is 6.13. The van der Waals surface area contributed by atoms with E-state index in [0.717, 1.165) is 29.1 Å². The molecule has 0 spiro atoms. The van der Waals surface area contributed by atoms with E-state index < -0.39 is 24.4 Å². The second-order valence-corrected chi connectivity index (χ2v) is 5.41. The van der Waals surface area contributed by atoms with Gasteiger partial charge in [0.25, 0.3) is 0 Å². The Labute approximate surface area is 148 Å². The first-order chi connectivity index (χ1) is 12.7. The summed E-state index contributed by atoms with van der Waals surface area (Å²) in [7, 11) is 0. The molecule has 0 saturated heterocycles. The van der Waals surface area contributed by atoms with Crippen molar-refractivity contribution in [1.29, 1.82) is 10.7 Å². The van der Waals surface area contributed by atoms with E-state index in [1.807, 2.05) is 0 Å². The van der Waals surface area contributed by atoms with E-state index in [0.29, 0.717) is 6.07 Å². The summed E-state index contributed by atoms with van der Waals surface area (Å²) in [6.07, 6.45) is -1.51. The van der Waals surface area contributed by atoms with Gasteiger partial charge in [-0.1, -0.05) is 0 Å². The molecule has 3 heterocycles. The molecule has 0 aliphatic heterocycles. The normalized spacial score (nSPS) is 11.4. The number of alkyl halides is 3. The number of aromatic nitrogens is 3. The third-order valence-electron chi connectivity index (χ3n) is 3.55. The molecule has 0 bridgehead atoms. The van der Waals surface area contributed by atoms with E-state index in [-0.39, 0.29) is 34.0 Å². The summed E-state index contributed by atoms with van der Waals surface area (Å²) in [6, 6.07) is 3.37. The van der Waals surface area contributed by atoms with Crippen molar-refractivity contribution in [2.75, 3.05) is 11.9 Å². The summed E-state index contributed by atoms with van der Waals surface area (Å²) in [5.74, 6) is -1.87. The Bertz CT molecular complexity index is 1080. The summed E-state index contributed by atoms with van der Waals surface area (Å²) < 4.78 is 65.9. The first-order valence-electron chi connectivity index (χ1n) is 7.32. The van der Waals surface area contributed by atoms with Crippen LogP contribution in [0.15, 0.2) is 30.7 Å². The van der Waals surface area contributed by atoms with Gasteiger partial charge in [-0.15, -0.1) is 0 Å². The van der Waals surface area contributed by atoms with Crippen LogP contribution in [0.5, 0.6) is 0 Å². The molecule has 3 aromatic heterocycles. The first kappa shape index (κ1) is 18.2. The smallest absolute Gasteiger partial charge is 0.376 e. The summed E-state index contributed by atoms with van der Waals surface area (Å²) in [4.78, 5) is 7.51. The SMILES string of the molecule is N#Cc1cc(NCC(F)(F)F)c(C(=N)c2cnc3c(F)cc(F)cn23)cn1. The molecule has 0 unspecified atom stereocenters. The highest BCUT2D eigenvalue weighted by Crippen LogP contribution is 2.23. The minimum Gasteiger partial charge on any atom is -0.376 e. The van der Waals surface area contributed by atoms with E-state index in [1.165, 1.54) is 0 Å². The molecule has 3 aromatic rings. The van der Waals surface area contributed by atoms with Crippen molar-refractivity contribution in [3.8, 4) is 6.07 Å². The molecule has 138 valence electrons. The lowest BCUT2D eigenvalue weighted by atomic mass is 10.1. The summed E-state index contributed by atoms with van der Waals surface area (Å²) in [6.45, 7) is -1.40. The van der Waals surface area contributed by atoms with Crippen LogP contribution in [-0.4, -0.2) is 32.8 Å². The van der Waals surface area contributed by atoms with Crippen molar-refractivity contribution < 1.29 is 22.0 Å². The Morgan fingerprint density at radius 1 is 1.22 bits per heavy atom. The molecule has 6 nitrogen and oxygen atoms in total. The van der Waals surface area contributed by atoms with E-state index in [4.69, 9.17) is 10.7 Å². The van der Waals surface area contributed by atoms with Gasteiger partial charge in [0.1, 0.15) is 24.1 Å². The van der Waals surface area contributed by atoms with Crippen LogP contribution in [0, 0.1) is 28.4 Å². The molecule has 3 rings (SSSR count). The van der Waals surface area contributed by atoms with Crippen LogP contribution in [-0.2, 0) is 0 Å². The van der Waals surface area contributed by atoms with Crippen LogP contribution >= 0.6 is 0 Å². The first-order valence-corrected chi connectivity index (χ1v) is 7.32. The van der Waals surface area contributed by atoms with Gasteiger partial charge in [0.05, 0.1) is 17.6 Å². The summed E-state index contributed by atoms with van der Waals surface area (Å²) in [5.41, 5.74) is -1.12. The molecule has 0 aromatic carbocycles. The Morgan fingerprint density at radius 2 is 1.96 bits per heavy atom. The molecule has 11 heteroatoms. The number of nitrogens with zero attached hydrogens (tertiary/aromatic N) is 4. The molecule has 0 radical (unpaired) electrons. The van der Waals surface area contributed by atoms with Crippen molar-refractivity contribution in [3.63, 3.8) is 0 Å². The van der Waals surface area contributed by atoms with Gasteiger partial charge in [0, 0.05) is 29.7 Å². The second kappa shape index (κ2) is 6.64. The van der Waals surface area contributed by atoms with Crippen LogP contribution in [0.3, 0.4) is 0 Å². The molecule has 27 heavy (non-hydrogen) atoms. The summed E-state index contributed by atoms with van der Waals surface area (Å²) in [5, 5.41) is 19.3. The fourth-order valence-corrected chi connectivity index (χ4v) is 2.39. The van der Waals surface area contributed by atoms with Crippen LogP contribution in [0.25, 0.3) is 5.65 Å². The molecule has 0 saturated carbocycles. The predicted octanol–water partition coefficient (Wildman–Crippen LogP) is 3.27. The molecule has 0 aliphatic rings. The number of hydrogen-bond acceptors (Lipinski definition) is 5. The van der Waals surface area contributed by atoms with Gasteiger partial charge in [-0.2, -0.15) is 18.4 Å². The van der Waals surface area contributed by atoms with Crippen molar-refractivity contribution in [2.45, 2.75) is 6.18 Å². The second-order valence-electron chi connectivity index (χ2n) is 5.41. The lowest BCUT2D eigenvalue weighted by Crippen LogP contribution is -2.23. The van der Waals surface area contributed by atoms with E-state index >= 15 is 0 Å². The van der Waals surface area contributed by atoms with Crippen LogP contribution in [0.1, 0.15) is 17.0 Å². The van der Waals surface area contributed by atoms with Gasteiger partial charge in [0.15, 0.2) is 11.5 Å². The third kappa shape index (κ3) is 3.69. The average molecular weight is 380 g/mol. The number of nitrogens with one attached hydrogen (secondary N) is 2. The van der Waals surface area contributed by atoms with Crippen molar-refractivity contribution in [3.05, 3.63) is 59.3 Å². The Balaban J connectivity index is 2.08. The highest BCUT2D eigenvalue weighted by atomic mass is 19.4. The zero-order chi connectivity index (χ0) is 19.8. The number of nitriles is 1. The molecule has 0 amide bonds. The minimum atomic E-state index is -4.54. The lowest BCUT2D eigenvalue weighted by Gasteiger charge is -2.14. The lowest BCUT2D eigenvalue weighted by molar-refractivity contribution is -0.115. The number of pyridine rings is 2. The Hall–Kier alpha value is -3.55. The van der Waals surface area contributed by atoms with Crippen molar-refractivity contribution >= 4 is 17.0 Å². The standard InChI is InChI=1S/C16H9F5N6/c17-8-1-11(18)15-25-5-13(27(15)6-8)14(23)10-4-24-9(3-22)2-12(10)26-7-16(19,20)21/h1-2,4-6,23H,7H2,(H,24,26). The largest absolute Gasteiger partial charge is 0.405 e. The molecule has 0 aliphatic carbocycles. The fraction of sp³-hybridized carbons (Fsp3) is 0.125. The molecular formula is C16H9F5N6. The monoisotopic (exact) mass is 380 g/mol. The zero-order valence-corrected chi connectivity index (χ0v) is 13.3.